The third kappa shape index (κ3) is 4.30. The molecular formula is C45H31N5O. The monoisotopic (exact) mass is 657 g/mol. The number of furan rings is 1. The summed E-state index contributed by atoms with van der Waals surface area (Å²) in [5, 5.41) is 14.4. The first-order valence-corrected chi connectivity index (χ1v) is 17.4. The van der Waals surface area contributed by atoms with Gasteiger partial charge in [-0.2, -0.15) is 0 Å². The van der Waals surface area contributed by atoms with Crippen LogP contribution in [0.2, 0.25) is 0 Å². The first kappa shape index (κ1) is 28.2. The van der Waals surface area contributed by atoms with Gasteiger partial charge in [-0.1, -0.05) is 115 Å². The van der Waals surface area contributed by atoms with Gasteiger partial charge in [0.15, 0.2) is 0 Å². The quantitative estimate of drug-likeness (QED) is 0.199. The molecule has 2 unspecified atom stereocenters. The Morgan fingerprint density at radius 2 is 1.02 bits per heavy atom. The minimum atomic E-state index is -0.262. The number of aliphatic imine (C=N–C) groups is 1. The van der Waals surface area contributed by atoms with Gasteiger partial charge in [0.05, 0.1) is 22.1 Å². The number of nitrogens with zero attached hydrogens (tertiary/aromatic N) is 3. The molecular weight excluding hydrogens is 627 g/mol. The molecule has 1 aliphatic heterocycles. The zero-order valence-corrected chi connectivity index (χ0v) is 27.5. The number of hydrogen-bond acceptors (Lipinski definition) is 4. The normalized spacial score (nSPS) is 16.4. The Morgan fingerprint density at radius 3 is 1.78 bits per heavy atom. The minimum Gasteiger partial charge on any atom is -0.456 e. The van der Waals surface area contributed by atoms with Crippen molar-refractivity contribution in [3.63, 3.8) is 0 Å². The molecule has 11 rings (SSSR count). The molecule has 0 amide bonds. The van der Waals surface area contributed by atoms with E-state index >= 15 is 0 Å². The molecule has 6 nitrogen and oxygen atoms in total. The lowest BCUT2D eigenvalue weighted by molar-refractivity contribution is 0.403. The van der Waals surface area contributed by atoms with E-state index in [0.717, 1.165) is 72.0 Å². The number of rotatable bonds is 3. The molecule has 7 aromatic carbocycles. The topological polar surface area (TPSA) is 59.4 Å². The molecule has 4 heterocycles. The fourth-order valence-corrected chi connectivity index (χ4v) is 8.06. The zero-order valence-electron chi connectivity index (χ0n) is 27.5. The molecule has 0 spiro atoms. The average Bonchev–Trinajstić information content (AvgIpc) is 3.83. The predicted molar refractivity (Wildman–Crippen MR) is 209 cm³/mol. The maximum atomic E-state index is 6.47. The maximum Gasteiger partial charge on any atom is 0.206 e. The van der Waals surface area contributed by atoms with Crippen LogP contribution in [0, 0.1) is 0 Å². The Kier molecular flexibility index (Phi) is 6.05. The Bertz CT molecular complexity index is 2970. The standard InChI is InChI=1S/C45H31N5O/c1-4-14-28(15-5-1)43-46-44(29-16-6-2-7-17-29)48-45(47-43)50-39-24-33-31-20-10-12-22-37(31)49(30-18-8-3-9-19-30)38(33)25-34(39)35-27-42-36(26-40(35)50)32-21-11-13-23-41(32)51-42/h1-27,43-44,46H,(H,47,48). The van der Waals surface area contributed by atoms with Crippen LogP contribution in [0.4, 0.5) is 0 Å². The molecule has 10 aromatic rings. The highest BCUT2D eigenvalue weighted by molar-refractivity contribution is 6.23. The Balaban J connectivity index is 1.26. The number of benzene rings is 7. The molecule has 0 saturated heterocycles. The van der Waals surface area contributed by atoms with Crippen molar-refractivity contribution in [2.45, 2.75) is 12.3 Å². The number of hydrogen-bond donors (Lipinski definition) is 2. The van der Waals surface area contributed by atoms with Crippen molar-refractivity contribution in [1.29, 1.82) is 0 Å². The largest absolute Gasteiger partial charge is 0.456 e. The molecule has 1 aliphatic rings. The summed E-state index contributed by atoms with van der Waals surface area (Å²) >= 11 is 0. The van der Waals surface area contributed by atoms with Gasteiger partial charge in [-0.05, 0) is 59.7 Å². The second-order valence-corrected chi connectivity index (χ2v) is 13.3. The fourth-order valence-electron chi connectivity index (χ4n) is 8.06. The van der Waals surface area contributed by atoms with Crippen LogP contribution >= 0.6 is 0 Å². The van der Waals surface area contributed by atoms with E-state index in [9.17, 15) is 0 Å². The van der Waals surface area contributed by atoms with E-state index in [4.69, 9.17) is 9.41 Å². The molecule has 0 aliphatic carbocycles. The van der Waals surface area contributed by atoms with Crippen molar-refractivity contribution in [2.75, 3.05) is 0 Å². The van der Waals surface area contributed by atoms with Crippen LogP contribution in [0.15, 0.2) is 173 Å². The van der Waals surface area contributed by atoms with Gasteiger partial charge in [-0.15, -0.1) is 0 Å². The van der Waals surface area contributed by atoms with Crippen LogP contribution in [0.25, 0.3) is 71.2 Å². The van der Waals surface area contributed by atoms with E-state index in [1.807, 2.05) is 12.1 Å². The summed E-state index contributed by atoms with van der Waals surface area (Å²) < 4.78 is 11.2. The Morgan fingerprint density at radius 1 is 0.451 bits per heavy atom. The van der Waals surface area contributed by atoms with Crippen LogP contribution in [0.3, 0.4) is 0 Å². The van der Waals surface area contributed by atoms with Crippen molar-refractivity contribution in [3.05, 3.63) is 175 Å². The highest BCUT2D eigenvalue weighted by atomic mass is 16.3. The van der Waals surface area contributed by atoms with E-state index in [1.54, 1.807) is 0 Å². The first-order valence-electron chi connectivity index (χ1n) is 17.4. The van der Waals surface area contributed by atoms with E-state index in [1.165, 1.54) is 16.3 Å². The molecule has 3 aromatic heterocycles. The van der Waals surface area contributed by atoms with Crippen molar-refractivity contribution < 1.29 is 4.42 Å². The molecule has 0 fully saturated rings. The lowest BCUT2D eigenvalue weighted by atomic mass is 10.1. The van der Waals surface area contributed by atoms with Gasteiger partial charge in [0.25, 0.3) is 0 Å². The molecule has 242 valence electrons. The molecule has 2 atom stereocenters. The molecule has 6 heteroatoms. The zero-order chi connectivity index (χ0) is 33.5. The highest BCUT2D eigenvalue weighted by Crippen LogP contribution is 2.41. The Labute approximate surface area is 292 Å². The third-order valence-corrected chi connectivity index (χ3v) is 10.4. The van der Waals surface area contributed by atoms with Crippen LogP contribution < -0.4 is 10.6 Å². The fraction of sp³-hybridized carbons (Fsp3) is 0.0444. The van der Waals surface area contributed by atoms with Crippen molar-refractivity contribution >= 4 is 71.5 Å². The van der Waals surface area contributed by atoms with Gasteiger partial charge in [0.1, 0.15) is 23.5 Å². The smallest absolute Gasteiger partial charge is 0.206 e. The third-order valence-electron chi connectivity index (χ3n) is 10.4. The van der Waals surface area contributed by atoms with Gasteiger partial charge < -0.3 is 14.3 Å². The number of aromatic nitrogens is 2. The lowest BCUT2D eigenvalue weighted by Gasteiger charge is -2.32. The SMILES string of the molecule is c1ccc(C2N=C(n3c4cc5c(cc4c4cc6c(cc43)c3ccccc3n6-c3ccccc3)oc3ccccc35)NC(c3ccccc3)N2)cc1. The highest BCUT2D eigenvalue weighted by Gasteiger charge is 2.28. The summed E-state index contributed by atoms with van der Waals surface area (Å²) in [7, 11) is 0. The Hall–Kier alpha value is -6.63. The number of para-hydroxylation sites is 3. The number of nitrogens with one attached hydrogen (secondary N) is 2. The van der Waals surface area contributed by atoms with Gasteiger partial charge in [0, 0.05) is 38.0 Å². The molecule has 0 radical (unpaired) electrons. The second-order valence-electron chi connectivity index (χ2n) is 13.3. The summed E-state index contributed by atoms with van der Waals surface area (Å²) in [5.74, 6) is 0.787. The predicted octanol–water partition coefficient (Wildman–Crippen LogP) is 10.6. The number of fused-ring (bicyclic) bond motifs is 9. The van der Waals surface area contributed by atoms with Crippen molar-refractivity contribution in [3.8, 4) is 5.69 Å². The average molecular weight is 658 g/mol. The summed E-state index contributed by atoms with van der Waals surface area (Å²) in [6, 6.07) is 57.8. The second kappa shape index (κ2) is 10.9. The lowest BCUT2D eigenvalue weighted by Crippen LogP contribution is -2.47. The molecule has 51 heavy (non-hydrogen) atoms. The van der Waals surface area contributed by atoms with Crippen molar-refractivity contribution in [2.24, 2.45) is 4.99 Å². The molecule has 0 bridgehead atoms. The summed E-state index contributed by atoms with van der Waals surface area (Å²) in [6.07, 6.45) is -0.430. The summed E-state index contributed by atoms with van der Waals surface area (Å²) in [4.78, 5) is 5.42. The van der Waals surface area contributed by atoms with Crippen LogP contribution in [0.5, 0.6) is 0 Å². The van der Waals surface area contributed by atoms with Crippen LogP contribution in [-0.2, 0) is 0 Å². The van der Waals surface area contributed by atoms with E-state index in [2.05, 4.69) is 171 Å². The van der Waals surface area contributed by atoms with Gasteiger partial charge in [0.2, 0.25) is 5.96 Å². The first-order chi connectivity index (χ1) is 25.3. The van der Waals surface area contributed by atoms with Gasteiger partial charge >= 0.3 is 0 Å². The van der Waals surface area contributed by atoms with E-state index in [0.29, 0.717) is 0 Å². The van der Waals surface area contributed by atoms with Crippen molar-refractivity contribution in [1.82, 2.24) is 19.8 Å². The van der Waals surface area contributed by atoms with E-state index in [-0.39, 0.29) is 12.3 Å². The van der Waals surface area contributed by atoms with Crippen LogP contribution in [0.1, 0.15) is 23.5 Å². The molecule has 0 saturated carbocycles. The summed E-state index contributed by atoms with van der Waals surface area (Å²) in [6.45, 7) is 0. The maximum absolute atomic E-state index is 6.47. The van der Waals surface area contributed by atoms with Crippen LogP contribution in [-0.4, -0.2) is 15.1 Å². The molecule has 2 N–H and O–H groups in total. The van der Waals surface area contributed by atoms with Gasteiger partial charge in [-0.25, -0.2) is 4.99 Å². The van der Waals surface area contributed by atoms with E-state index < -0.39 is 0 Å². The minimum absolute atomic E-state index is 0.168. The van der Waals surface area contributed by atoms with Gasteiger partial charge in [-0.3, -0.25) is 9.88 Å². The summed E-state index contributed by atoms with van der Waals surface area (Å²) in [5.41, 5.74) is 9.61.